The van der Waals surface area contributed by atoms with Crippen LogP contribution in [0.2, 0.25) is 0 Å². The normalized spacial score (nSPS) is 22.9. The molecule has 16 heavy (non-hydrogen) atoms. The van der Waals surface area contributed by atoms with Gasteiger partial charge in [-0.2, -0.15) is 11.8 Å². The molecule has 0 spiro atoms. The highest BCUT2D eigenvalue weighted by atomic mass is 32.2. The molecule has 1 aromatic heterocycles. The van der Waals surface area contributed by atoms with E-state index in [1.165, 1.54) is 17.9 Å². The van der Waals surface area contributed by atoms with Gasteiger partial charge in [-0.15, -0.1) is 11.3 Å². The number of hydrogen-bond donors (Lipinski definition) is 1. The predicted octanol–water partition coefficient (Wildman–Crippen LogP) is 2.10. The Morgan fingerprint density at radius 3 is 3.06 bits per heavy atom. The van der Waals surface area contributed by atoms with Crippen LogP contribution in [0.4, 0.5) is 0 Å². The van der Waals surface area contributed by atoms with E-state index in [4.69, 9.17) is 5.73 Å². The lowest BCUT2D eigenvalue weighted by Crippen LogP contribution is -2.31. The molecule has 5 heteroatoms. The molecule has 0 amide bonds. The fourth-order valence-corrected chi connectivity index (χ4v) is 3.93. The molecular weight excluding hydrogens is 238 g/mol. The minimum atomic E-state index is 0.0612. The van der Waals surface area contributed by atoms with E-state index < -0.39 is 0 Å². The van der Waals surface area contributed by atoms with Crippen LogP contribution in [0.3, 0.4) is 0 Å². The highest BCUT2D eigenvalue weighted by Crippen LogP contribution is 2.23. The van der Waals surface area contributed by atoms with Crippen LogP contribution >= 0.6 is 23.1 Å². The van der Waals surface area contributed by atoms with Crippen LogP contribution in [-0.4, -0.2) is 34.5 Å². The van der Waals surface area contributed by atoms with Crippen molar-refractivity contribution in [1.82, 2.24) is 9.88 Å². The van der Waals surface area contributed by atoms with Crippen LogP contribution in [0.1, 0.15) is 30.1 Å². The van der Waals surface area contributed by atoms with Gasteiger partial charge in [0.15, 0.2) is 0 Å². The second kappa shape index (κ2) is 5.49. The summed E-state index contributed by atoms with van der Waals surface area (Å²) in [7, 11) is 2.20. The number of rotatable bonds is 4. The second-order valence-electron chi connectivity index (χ2n) is 4.40. The van der Waals surface area contributed by atoms with E-state index in [-0.39, 0.29) is 6.04 Å². The summed E-state index contributed by atoms with van der Waals surface area (Å²) in [5.74, 6) is 2.57. The van der Waals surface area contributed by atoms with Crippen LogP contribution in [0, 0.1) is 0 Å². The zero-order valence-electron chi connectivity index (χ0n) is 9.85. The van der Waals surface area contributed by atoms with Crippen molar-refractivity contribution >= 4 is 23.1 Å². The van der Waals surface area contributed by atoms with Crippen LogP contribution in [-0.2, 0) is 6.54 Å². The highest BCUT2D eigenvalue weighted by Gasteiger charge is 2.20. The SMILES string of the molecule is CC(N)c1nc(CN(C)C2CCSC2)cs1. The lowest BCUT2D eigenvalue weighted by atomic mass is 10.2. The first kappa shape index (κ1) is 12.4. The van der Waals surface area contributed by atoms with Gasteiger partial charge in [-0.1, -0.05) is 0 Å². The van der Waals surface area contributed by atoms with Crippen molar-refractivity contribution in [2.24, 2.45) is 5.73 Å². The van der Waals surface area contributed by atoms with Gasteiger partial charge in [0.25, 0.3) is 0 Å². The number of nitrogens with zero attached hydrogens (tertiary/aromatic N) is 2. The fraction of sp³-hybridized carbons (Fsp3) is 0.727. The van der Waals surface area contributed by atoms with Crippen molar-refractivity contribution in [3.05, 3.63) is 16.1 Å². The molecule has 0 radical (unpaired) electrons. The van der Waals surface area contributed by atoms with Gasteiger partial charge in [0.1, 0.15) is 5.01 Å². The minimum Gasteiger partial charge on any atom is -0.322 e. The standard InChI is InChI=1S/C11H19N3S2/c1-8(12)11-13-9(6-16-11)5-14(2)10-3-4-15-7-10/h6,8,10H,3-5,7,12H2,1-2H3. The van der Waals surface area contributed by atoms with Gasteiger partial charge in [-0.25, -0.2) is 4.98 Å². The molecule has 2 heterocycles. The second-order valence-corrected chi connectivity index (χ2v) is 6.44. The molecule has 2 rings (SSSR count). The summed E-state index contributed by atoms with van der Waals surface area (Å²) >= 11 is 3.73. The molecule has 1 aliphatic rings. The van der Waals surface area contributed by atoms with Gasteiger partial charge in [0.05, 0.1) is 11.7 Å². The van der Waals surface area contributed by atoms with Gasteiger partial charge >= 0.3 is 0 Å². The molecule has 90 valence electrons. The summed E-state index contributed by atoms with van der Waals surface area (Å²) in [5.41, 5.74) is 6.97. The van der Waals surface area contributed by atoms with Crippen molar-refractivity contribution in [3.8, 4) is 0 Å². The summed E-state index contributed by atoms with van der Waals surface area (Å²) in [5, 5.41) is 3.18. The first-order valence-electron chi connectivity index (χ1n) is 5.64. The largest absolute Gasteiger partial charge is 0.322 e. The first-order chi connectivity index (χ1) is 7.66. The summed E-state index contributed by atoms with van der Waals surface area (Å²) in [4.78, 5) is 6.98. The van der Waals surface area contributed by atoms with Crippen molar-refractivity contribution in [2.45, 2.75) is 32.0 Å². The molecule has 1 aliphatic heterocycles. The van der Waals surface area contributed by atoms with E-state index in [2.05, 4.69) is 34.1 Å². The maximum absolute atomic E-state index is 5.81. The third-order valence-electron chi connectivity index (χ3n) is 2.90. The van der Waals surface area contributed by atoms with Gasteiger partial charge in [0.2, 0.25) is 0 Å². The fourth-order valence-electron chi connectivity index (χ4n) is 1.86. The zero-order chi connectivity index (χ0) is 11.5. The number of hydrogen-bond acceptors (Lipinski definition) is 5. The van der Waals surface area contributed by atoms with Gasteiger partial charge in [-0.05, 0) is 26.1 Å². The van der Waals surface area contributed by atoms with Crippen molar-refractivity contribution in [1.29, 1.82) is 0 Å². The molecule has 0 aliphatic carbocycles. The average Bonchev–Trinajstić information content (AvgIpc) is 2.87. The summed E-state index contributed by atoms with van der Waals surface area (Å²) in [6, 6.07) is 0.788. The maximum Gasteiger partial charge on any atom is 0.109 e. The van der Waals surface area contributed by atoms with Crippen molar-refractivity contribution in [3.63, 3.8) is 0 Å². The van der Waals surface area contributed by atoms with Crippen LogP contribution in [0.15, 0.2) is 5.38 Å². The molecule has 2 atom stereocenters. The quantitative estimate of drug-likeness (QED) is 0.897. The summed E-state index contributed by atoms with van der Waals surface area (Å²) < 4.78 is 0. The molecular formula is C11H19N3S2. The Hall–Kier alpha value is -0.100. The Morgan fingerprint density at radius 1 is 1.69 bits per heavy atom. The Kier molecular flexibility index (Phi) is 4.24. The van der Waals surface area contributed by atoms with E-state index in [0.29, 0.717) is 0 Å². The van der Waals surface area contributed by atoms with E-state index in [1.54, 1.807) is 11.3 Å². The van der Waals surface area contributed by atoms with Crippen molar-refractivity contribution < 1.29 is 0 Å². The number of aromatic nitrogens is 1. The van der Waals surface area contributed by atoms with E-state index in [1.807, 2.05) is 6.92 Å². The monoisotopic (exact) mass is 257 g/mol. The Bertz CT molecular complexity index is 332. The van der Waals surface area contributed by atoms with Gasteiger partial charge in [0, 0.05) is 23.7 Å². The predicted molar refractivity (Wildman–Crippen MR) is 71.9 cm³/mol. The lowest BCUT2D eigenvalue weighted by Gasteiger charge is -2.22. The third-order valence-corrected chi connectivity index (χ3v) is 5.14. The van der Waals surface area contributed by atoms with Crippen LogP contribution in [0.5, 0.6) is 0 Å². The van der Waals surface area contributed by atoms with Gasteiger partial charge < -0.3 is 5.73 Å². The average molecular weight is 257 g/mol. The molecule has 0 bridgehead atoms. The van der Waals surface area contributed by atoms with E-state index in [0.717, 1.165) is 23.3 Å². The smallest absolute Gasteiger partial charge is 0.109 e. The lowest BCUT2D eigenvalue weighted by molar-refractivity contribution is 0.252. The molecule has 1 fully saturated rings. The third kappa shape index (κ3) is 2.97. The van der Waals surface area contributed by atoms with Crippen LogP contribution < -0.4 is 5.73 Å². The number of nitrogens with two attached hydrogens (primary N) is 1. The summed E-state index contributed by atoms with van der Waals surface area (Å²) in [6.45, 7) is 2.94. The van der Waals surface area contributed by atoms with Crippen LogP contribution in [0.25, 0.3) is 0 Å². The topological polar surface area (TPSA) is 42.1 Å². The Morgan fingerprint density at radius 2 is 2.50 bits per heavy atom. The maximum atomic E-state index is 5.81. The van der Waals surface area contributed by atoms with E-state index >= 15 is 0 Å². The molecule has 2 unspecified atom stereocenters. The van der Waals surface area contributed by atoms with Crippen molar-refractivity contribution in [2.75, 3.05) is 18.6 Å². The molecule has 0 aromatic carbocycles. The minimum absolute atomic E-state index is 0.0612. The Balaban J connectivity index is 1.92. The summed E-state index contributed by atoms with van der Waals surface area (Å²) in [6.07, 6.45) is 1.31. The molecule has 2 N–H and O–H groups in total. The number of thiazole rings is 1. The number of thioether (sulfide) groups is 1. The van der Waals surface area contributed by atoms with Gasteiger partial charge in [-0.3, -0.25) is 4.90 Å². The molecule has 3 nitrogen and oxygen atoms in total. The molecule has 0 saturated carbocycles. The zero-order valence-corrected chi connectivity index (χ0v) is 11.5. The van der Waals surface area contributed by atoms with E-state index in [9.17, 15) is 0 Å². The molecule has 1 saturated heterocycles. The Labute approximate surface area is 105 Å². The highest BCUT2D eigenvalue weighted by molar-refractivity contribution is 7.99. The molecule has 1 aromatic rings. The first-order valence-corrected chi connectivity index (χ1v) is 7.68.